The highest BCUT2D eigenvalue weighted by molar-refractivity contribution is 6.31. The van der Waals surface area contributed by atoms with Crippen LogP contribution in [0.2, 0.25) is 5.02 Å². The number of nitrogens with zero attached hydrogens (tertiary/aromatic N) is 2. The molecule has 0 bridgehead atoms. The van der Waals surface area contributed by atoms with E-state index >= 15 is 0 Å². The first kappa shape index (κ1) is 23.8. The Balaban J connectivity index is 1.86. The molecule has 0 aliphatic rings. The van der Waals surface area contributed by atoms with Crippen LogP contribution in [0, 0.1) is 13.8 Å². The molecule has 10 heteroatoms. The molecule has 0 saturated carbocycles. The normalized spacial score (nSPS) is 11.6. The summed E-state index contributed by atoms with van der Waals surface area (Å²) < 4.78 is 1.08. The second-order valence-corrected chi connectivity index (χ2v) is 7.93. The summed E-state index contributed by atoms with van der Waals surface area (Å²) in [5.41, 5.74) is 1.22. The van der Waals surface area contributed by atoms with Crippen LogP contribution in [0.4, 0.5) is 10.5 Å². The maximum atomic E-state index is 12.9. The Bertz CT molecular complexity index is 1240. The number of carboxylic acids is 1. The van der Waals surface area contributed by atoms with Gasteiger partial charge in [0.25, 0.3) is 5.56 Å². The Kier molecular flexibility index (Phi) is 7.34. The van der Waals surface area contributed by atoms with Crippen LogP contribution < -0.4 is 16.2 Å². The number of anilines is 1. The van der Waals surface area contributed by atoms with E-state index in [1.54, 1.807) is 48.5 Å². The third-order valence-corrected chi connectivity index (χ3v) is 5.35. The Labute approximate surface area is 194 Å². The molecule has 3 aromatic rings. The van der Waals surface area contributed by atoms with Gasteiger partial charge in [0.1, 0.15) is 5.69 Å². The number of hydrogen-bond acceptors (Lipinski definition) is 5. The van der Waals surface area contributed by atoms with Gasteiger partial charge in [-0.05, 0) is 31.0 Å². The first-order valence-corrected chi connectivity index (χ1v) is 10.4. The van der Waals surface area contributed by atoms with Crippen LogP contribution in [0.15, 0.2) is 53.3 Å². The average molecular weight is 471 g/mol. The molecule has 172 valence electrons. The van der Waals surface area contributed by atoms with Crippen LogP contribution in [-0.2, 0) is 11.3 Å². The maximum Gasteiger partial charge on any atom is 0.319 e. The molecule has 2 aromatic carbocycles. The minimum atomic E-state index is -1.11. The van der Waals surface area contributed by atoms with Crippen molar-refractivity contribution in [2.75, 3.05) is 5.32 Å². The number of carbonyl (C=O) groups excluding carboxylic acids is 1. The highest BCUT2D eigenvalue weighted by Gasteiger charge is 2.22. The van der Waals surface area contributed by atoms with Crippen molar-refractivity contribution in [2.45, 2.75) is 32.9 Å². The van der Waals surface area contributed by atoms with E-state index in [0.29, 0.717) is 16.1 Å². The van der Waals surface area contributed by atoms with E-state index in [0.717, 1.165) is 10.2 Å². The molecule has 0 spiro atoms. The Morgan fingerprint density at radius 1 is 1.12 bits per heavy atom. The average Bonchev–Trinajstić information content (AvgIpc) is 2.76. The standard InChI is InChI=1S/C23H23ClN4O5/c1-13-7-9-15(10-8-13)18(11-19(29)30)25-23(33)26-20-21(31)14(2)27-28(22(20)32)12-16-5-3-4-6-17(16)24/h3-10,18,31H,11-12H2,1-2H3,(H,29,30)(H2,25,26,33)/t18-/m0/s1. The Hall–Kier alpha value is -3.85. The van der Waals surface area contributed by atoms with Crippen molar-refractivity contribution in [3.63, 3.8) is 0 Å². The zero-order chi connectivity index (χ0) is 24.1. The summed E-state index contributed by atoms with van der Waals surface area (Å²) in [5.74, 6) is -1.58. The molecule has 1 atom stereocenters. The van der Waals surface area contributed by atoms with Gasteiger partial charge >= 0.3 is 12.0 Å². The van der Waals surface area contributed by atoms with E-state index in [-0.39, 0.29) is 24.3 Å². The summed E-state index contributed by atoms with van der Waals surface area (Å²) in [6.07, 6.45) is -0.366. The van der Waals surface area contributed by atoms with E-state index in [1.807, 2.05) is 6.92 Å². The van der Waals surface area contributed by atoms with Gasteiger partial charge in [-0.1, -0.05) is 59.6 Å². The predicted octanol–water partition coefficient (Wildman–Crippen LogP) is 3.60. The van der Waals surface area contributed by atoms with Crippen LogP contribution in [0.3, 0.4) is 0 Å². The topological polar surface area (TPSA) is 134 Å². The van der Waals surface area contributed by atoms with Gasteiger partial charge in [-0.15, -0.1) is 0 Å². The third-order valence-electron chi connectivity index (χ3n) is 4.98. The molecule has 0 fully saturated rings. The van der Waals surface area contributed by atoms with Gasteiger partial charge in [-0.25, -0.2) is 9.48 Å². The Morgan fingerprint density at radius 2 is 1.79 bits per heavy atom. The highest BCUT2D eigenvalue weighted by Crippen LogP contribution is 2.23. The minimum Gasteiger partial charge on any atom is -0.504 e. The largest absolute Gasteiger partial charge is 0.504 e. The summed E-state index contributed by atoms with van der Waals surface area (Å²) in [7, 11) is 0. The molecule has 4 N–H and O–H groups in total. The lowest BCUT2D eigenvalue weighted by molar-refractivity contribution is -0.137. The predicted molar refractivity (Wildman–Crippen MR) is 124 cm³/mol. The van der Waals surface area contributed by atoms with Crippen molar-refractivity contribution in [3.8, 4) is 5.75 Å². The van der Waals surface area contributed by atoms with Crippen molar-refractivity contribution in [2.24, 2.45) is 0 Å². The lowest BCUT2D eigenvalue weighted by atomic mass is 10.0. The number of aryl methyl sites for hydroxylation is 2. The Morgan fingerprint density at radius 3 is 2.42 bits per heavy atom. The number of hydrogen-bond donors (Lipinski definition) is 4. The zero-order valence-electron chi connectivity index (χ0n) is 18.0. The molecule has 0 radical (unpaired) electrons. The van der Waals surface area contributed by atoms with Gasteiger partial charge in [0, 0.05) is 5.02 Å². The SMILES string of the molecule is Cc1ccc([C@H](CC(=O)O)NC(=O)Nc2c(O)c(C)nn(Cc3ccccc3Cl)c2=O)cc1. The number of carboxylic acid groups (broad SMARTS) is 1. The maximum absolute atomic E-state index is 12.9. The van der Waals surface area contributed by atoms with Crippen molar-refractivity contribution in [1.82, 2.24) is 15.1 Å². The second-order valence-electron chi connectivity index (χ2n) is 7.52. The quantitative estimate of drug-likeness (QED) is 0.417. The first-order chi connectivity index (χ1) is 15.7. The fourth-order valence-electron chi connectivity index (χ4n) is 3.23. The van der Waals surface area contributed by atoms with Crippen molar-refractivity contribution >= 4 is 29.3 Å². The molecule has 9 nitrogen and oxygen atoms in total. The van der Waals surface area contributed by atoms with Crippen molar-refractivity contribution in [1.29, 1.82) is 0 Å². The number of carbonyl (C=O) groups is 2. The van der Waals surface area contributed by atoms with E-state index in [9.17, 15) is 24.6 Å². The second kappa shape index (κ2) is 10.2. The molecule has 2 amide bonds. The fraction of sp³-hybridized carbons (Fsp3) is 0.217. The lowest BCUT2D eigenvalue weighted by Gasteiger charge is -2.19. The number of benzene rings is 2. The van der Waals surface area contributed by atoms with Crippen LogP contribution in [0.1, 0.15) is 34.8 Å². The molecule has 0 unspecified atom stereocenters. The fourth-order valence-corrected chi connectivity index (χ4v) is 3.42. The van der Waals surface area contributed by atoms with Gasteiger partial charge in [0.2, 0.25) is 0 Å². The molecule has 0 saturated heterocycles. The number of amides is 2. The van der Waals surface area contributed by atoms with Crippen LogP contribution in [0.25, 0.3) is 0 Å². The van der Waals surface area contributed by atoms with E-state index in [2.05, 4.69) is 15.7 Å². The highest BCUT2D eigenvalue weighted by atomic mass is 35.5. The number of aliphatic carboxylic acids is 1. The van der Waals surface area contributed by atoms with Crippen LogP contribution in [-0.4, -0.2) is 32.0 Å². The van der Waals surface area contributed by atoms with E-state index in [1.165, 1.54) is 6.92 Å². The van der Waals surface area contributed by atoms with Gasteiger partial charge in [-0.2, -0.15) is 5.10 Å². The molecule has 3 rings (SSSR count). The number of halogens is 1. The summed E-state index contributed by atoms with van der Waals surface area (Å²) in [6.45, 7) is 3.40. The molecular weight excluding hydrogens is 448 g/mol. The number of aromatic hydroxyl groups is 1. The van der Waals surface area contributed by atoms with Gasteiger partial charge < -0.3 is 15.5 Å². The first-order valence-electron chi connectivity index (χ1n) is 10.1. The molecule has 33 heavy (non-hydrogen) atoms. The molecule has 0 aliphatic carbocycles. The zero-order valence-corrected chi connectivity index (χ0v) is 18.8. The number of rotatable bonds is 7. The third kappa shape index (κ3) is 5.89. The van der Waals surface area contributed by atoms with Crippen LogP contribution >= 0.6 is 11.6 Å². The summed E-state index contributed by atoms with van der Waals surface area (Å²) in [5, 5.41) is 29.0. The van der Waals surface area contributed by atoms with Gasteiger partial charge in [-0.3, -0.25) is 14.9 Å². The summed E-state index contributed by atoms with van der Waals surface area (Å²) >= 11 is 6.17. The molecular formula is C23H23ClN4O5. The monoisotopic (exact) mass is 470 g/mol. The van der Waals surface area contributed by atoms with E-state index < -0.39 is 29.4 Å². The van der Waals surface area contributed by atoms with E-state index in [4.69, 9.17) is 11.6 Å². The molecule has 1 aromatic heterocycles. The number of nitrogens with one attached hydrogen (secondary N) is 2. The lowest BCUT2D eigenvalue weighted by Crippen LogP contribution is -2.37. The summed E-state index contributed by atoms with van der Waals surface area (Å²) in [4.78, 5) is 36.9. The van der Waals surface area contributed by atoms with Crippen LogP contribution in [0.5, 0.6) is 5.75 Å². The van der Waals surface area contributed by atoms with Gasteiger partial charge in [0.05, 0.1) is 19.0 Å². The number of aromatic nitrogens is 2. The molecule has 1 heterocycles. The summed E-state index contributed by atoms with van der Waals surface area (Å²) in [6, 6.07) is 12.3. The van der Waals surface area contributed by atoms with Crippen molar-refractivity contribution in [3.05, 3.63) is 86.3 Å². The molecule has 0 aliphatic heterocycles. The van der Waals surface area contributed by atoms with Crippen molar-refractivity contribution < 1.29 is 19.8 Å². The number of urea groups is 1. The van der Waals surface area contributed by atoms with Gasteiger partial charge in [0.15, 0.2) is 11.4 Å². The minimum absolute atomic E-state index is 0.0287. The smallest absolute Gasteiger partial charge is 0.319 e.